The lowest BCUT2D eigenvalue weighted by atomic mass is 10.1. The van der Waals surface area contributed by atoms with Gasteiger partial charge in [-0.3, -0.25) is 0 Å². The van der Waals surface area contributed by atoms with Gasteiger partial charge in [-0.1, -0.05) is 35.8 Å². The van der Waals surface area contributed by atoms with Crippen LogP contribution in [0, 0.1) is 0 Å². The second kappa shape index (κ2) is 8.02. The van der Waals surface area contributed by atoms with E-state index >= 15 is 0 Å². The van der Waals surface area contributed by atoms with Crippen molar-refractivity contribution in [1.82, 2.24) is 15.0 Å². The Bertz CT molecular complexity index is 953. The average molecular weight is 397 g/mol. The summed E-state index contributed by atoms with van der Waals surface area (Å²) in [5, 5.41) is 7.68. The van der Waals surface area contributed by atoms with Gasteiger partial charge in [0.15, 0.2) is 0 Å². The van der Waals surface area contributed by atoms with Gasteiger partial charge in [-0.2, -0.15) is 4.98 Å². The Morgan fingerprint density at radius 2 is 1.96 bits per heavy atom. The molecule has 0 radical (unpaired) electrons. The molecule has 1 unspecified atom stereocenters. The third-order valence-corrected chi connectivity index (χ3v) is 5.21. The van der Waals surface area contributed by atoms with Crippen molar-refractivity contribution >= 4 is 23.3 Å². The van der Waals surface area contributed by atoms with E-state index in [1.165, 1.54) is 5.56 Å². The van der Waals surface area contributed by atoms with Gasteiger partial charge >= 0.3 is 6.03 Å². The van der Waals surface area contributed by atoms with Crippen molar-refractivity contribution in [3.05, 3.63) is 65.0 Å². The molecule has 0 aliphatic carbocycles. The monoisotopic (exact) mass is 396 g/mol. The summed E-state index contributed by atoms with van der Waals surface area (Å²) in [6, 6.07) is 14.8. The molecule has 6 nitrogen and oxygen atoms in total. The minimum Gasteiger partial charge on any atom is -0.337 e. The SMILES string of the molecule is CCc1ccc(NC(=O)N2CCCC2c2nc(-c3ccc(Cl)cc3)no2)cc1. The lowest BCUT2D eigenvalue weighted by molar-refractivity contribution is 0.193. The molecule has 2 heterocycles. The number of aryl methyl sites for hydroxylation is 1. The number of hydrogen-bond donors (Lipinski definition) is 1. The predicted octanol–water partition coefficient (Wildman–Crippen LogP) is 5.32. The molecule has 2 amide bonds. The Kier molecular flexibility index (Phi) is 5.30. The highest BCUT2D eigenvalue weighted by Crippen LogP contribution is 2.32. The van der Waals surface area contributed by atoms with Crippen LogP contribution in [0.4, 0.5) is 10.5 Å². The molecule has 4 rings (SSSR count). The van der Waals surface area contributed by atoms with Crippen molar-refractivity contribution in [1.29, 1.82) is 0 Å². The summed E-state index contributed by atoms with van der Waals surface area (Å²) < 4.78 is 5.48. The Balaban J connectivity index is 1.48. The number of nitrogens with one attached hydrogen (secondary N) is 1. The highest BCUT2D eigenvalue weighted by molar-refractivity contribution is 6.30. The molecule has 28 heavy (non-hydrogen) atoms. The topological polar surface area (TPSA) is 71.3 Å². The highest BCUT2D eigenvalue weighted by Gasteiger charge is 2.34. The van der Waals surface area contributed by atoms with E-state index in [1.54, 1.807) is 17.0 Å². The smallest absolute Gasteiger partial charge is 0.322 e. The number of benzene rings is 2. The first kappa shape index (κ1) is 18.5. The number of nitrogens with zero attached hydrogens (tertiary/aromatic N) is 3. The number of hydrogen-bond acceptors (Lipinski definition) is 4. The molecule has 1 aliphatic heterocycles. The van der Waals surface area contributed by atoms with Gasteiger partial charge in [0.25, 0.3) is 0 Å². The fraction of sp³-hybridized carbons (Fsp3) is 0.286. The van der Waals surface area contributed by atoms with Gasteiger partial charge in [0.1, 0.15) is 6.04 Å². The van der Waals surface area contributed by atoms with Crippen molar-refractivity contribution in [3.63, 3.8) is 0 Å². The summed E-state index contributed by atoms with van der Waals surface area (Å²) in [6.07, 6.45) is 2.66. The number of aromatic nitrogens is 2. The van der Waals surface area contributed by atoms with E-state index in [-0.39, 0.29) is 12.1 Å². The Morgan fingerprint density at radius 1 is 1.21 bits per heavy atom. The van der Waals surface area contributed by atoms with Crippen LogP contribution < -0.4 is 5.32 Å². The van der Waals surface area contributed by atoms with Crippen molar-refractivity contribution in [2.24, 2.45) is 0 Å². The highest BCUT2D eigenvalue weighted by atomic mass is 35.5. The van der Waals surface area contributed by atoms with Crippen LogP contribution in [0.25, 0.3) is 11.4 Å². The Morgan fingerprint density at radius 3 is 2.68 bits per heavy atom. The molecule has 0 spiro atoms. The van der Waals surface area contributed by atoms with Crippen LogP contribution in [-0.4, -0.2) is 27.6 Å². The first-order valence-electron chi connectivity index (χ1n) is 9.40. The van der Waals surface area contributed by atoms with Crippen LogP contribution in [0.2, 0.25) is 5.02 Å². The molecule has 1 atom stereocenters. The number of rotatable bonds is 4. The first-order chi connectivity index (χ1) is 13.6. The van der Waals surface area contributed by atoms with E-state index in [9.17, 15) is 4.79 Å². The molecule has 0 saturated carbocycles. The molecular formula is C21H21ClN4O2. The number of carbonyl (C=O) groups excluding carboxylic acids is 1. The number of carbonyl (C=O) groups is 1. The van der Waals surface area contributed by atoms with Gasteiger partial charge in [0, 0.05) is 22.8 Å². The molecule has 7 heteroatoms. The number of likely N-dealkylation sites (tertiary alicyclic amines) is 1. The van der Waals surface area contributed by atoms with Crippen LogP contribution in [0.15, 0.2) is 53.1 Å². The van der Waals surface area contributed by atoms with Crippen molar-refractivity contribution in [2.75, 3.05) is 11.9 Å². The summed E-state index contributed by atoms with van der Waals surface area (Å²) in [6.45, 7) is 2.76. The third kappa shape index (κ3) is 3.87. The molecule has 144 valence electrons. The Labute approximate surface area is 168 Å². The van der Waals surface area contributed by atoms with Gasteiger partial charge in [-0.25, -0.2) is 4.79 Å². The van der Waals surface area contributed by atoms with Crippen molar-refractivity contribution in [3.8, 4) is 11.4 Å². The number of halogens is 1. The molecule has 1 aromatic heterocycles. The molecule has 0 bridgehead atoms. The van der Waals surface area contributed by atoms with Crippen LogP contribution in [0.3, 0.4) is 0 Å². The van der Waals surface area contributed by atoms with E-state index in [4.69, 9.17) is 16.1 Å². The molecule has 1 N–H and O–H groups in total. The van der Waals surface area contributed by atoms with E-state index in [0.29, 0.717) is 23.3 Å². The van der Waals surface area contributed by atoms with Crippen LogP contribution >= 0.6 is 11.6 Å². The summed E-state index contributed by atoms with van der Waals surface area (Å²) in [4.78, 5) is 19.0. The second-order valence-corrected chi connectivity index (χ2v) is 7.23. The lowest BCUT2D eigenvalue weighted by Crippen LogP contribution is -2.34. The van der Waals surface area contributed by atoms with Gasteiger partial charge in [-0.15, -0.1) is 0 Å². The lowest BCUT2D eigenvalue weighted by Gasteiger charge is -2.22. The Hall–Kier alpha value is -2.86. The minimum absolute atomic E-state index is 0.155. The molecule has 1 aliphatic rings. The summed E-state index contributed by atoms with van der Waals surface area (Å²) in [7, 11) is 0. The summed E-state index contributed by atoms with van der Waals surface area (Å²) in [5.41, 5.74) is 2.84. The van der Waals surface area contributed by atoms with Gasteiger partial charge in [0.2, 0.25) is 11.7 Å². The van der Waals surface area contributed by atoms with Crippen LogP contribution in [0.5, 0.6) is 0 Å². The summed E-state index contributed by atoms with van der Waals surface area (Å²) in [5.74, 6) is 0.952. The fourth-order valence-corrected chi connectivity index (χ4v) is 3.50. The van der Waals surface area contributed by atoms with Gasteiger partial charge < -0.3 is 14.7 Å². The molecule has 3 aromatic rings. The van der Waals surface area contributed by atoms with Gasteiger partial charge in [0.05, 0.1) is 0 Å². The van der Waals surface area contributed by atoms with Crippen molar-refractivity contribution < 1.29 is 9.32 Å². The number of urea groups is 1. The summed E-state index contributed by atoms with van der Waals surface area (Å²) >= 11 is 5.93. The normalized spacial score (nSPS) is 16.4. The largest absolute Gasteiger partial charge is 0.337 e. The van der Waals surface area contributed by atoms with E-state index in [2.05, 4.69) is 22.4 Å². The predicted molar refractivity (Wildman–Crippen MR) is 108 cm³/mol. The van der Waals surface area contributed by atoms with E-state index < -0.39 is 0 Å². The second-order valence-electron chi connectivity index (χ2n) is 6.80. The number of anilines is 1. The molecular weight excluding hydrogens is 376 g/mol. The molecule has 1 fully saturated rings. The van der Waals surface area contributed by atoms with E-state index in [0.717, 1.165) is 30.5 Å². The van der Waals surface area contributed by atoms with E-state index in [1.807, 2.05) is 36.4 Å². The van der Waals surface area contributed by atoms with Crippen LogP contribution in [-0.2, 0) is 6.42 Å². The molecule has 1 saturated heterocycles. The fourth-order valence-electron chi connectivity index (χ4n) is 3.37. The van der Waals surface area contributed by atoms with Gasteiger partial charge in [-0.05, 0) is 61.2 Å². The zero-order valence-electron chi connectivity index (χ0n) is 15.6. The maximum absolute atomic E-state index is 12.8. The quantitative estimate of drug-likeness (QED) is 0.647. The maximum Gasteiger partial charge on any atom is 0.322 e. The van der Waals surface area contributed by atoms with Crippen LogP contribution in [0.1, 0.15) is 37.3 Å². The third-order valence-electron chi connectivity index (χ3n) is 4.96. The zero-order valence-corrected chi connectivity index (χ0v) is 16.3. The average Bonchev–Trinajstić information content (AvgIpc) is 3.38. The van der Waals surface area contributed by atoms with Crippen molar-refractivity contribution in [2.45, 2.75) is 32.2 Å². The zero-order chi connectivity index (χ0) is 19.5. The standard InChI is InChI=1S/C21H21ClN4O2/c1-2-14-5-11-17(12-6-14)23-21(27)26-13-3-4-18(26)20-24-19(25-28-20)15-7-9-16(22)10-8-15/h5-12,18H,2-4,13H2,1H3,(H,23,27). The maximum atomic E-state index is 12.8. The first-order valence-corrected chi connectivity index (χ1v) is 9.78. The minimum atomic E-state index is -0.219. The number of amides is 2. The molecule has 2 aromatic carbocycles.